The summed E-state index contributed by atoms with van der Waals surface area (Å²) in [5, 5.41) is 0. The lowest BCUT2D eigenvalue weighted by atomic mass is 9.87. The Labute approximate surface area is 96.9 Å². The van der Waals surface area contributed by atoms with Gasteiger partial charge in [0.1, 0.15) is 0 Å². The van der Waals surface area contributed by atoms with E-state index in [2.05, 4.69) is 6.92 Å². The summed E-state index contributed by atoms with van der Waals surface area (Å²) in [6, 6.07) is 0. The van der Waals surface area contributed by atoms with E-state index in [1.807, 2.05) is 13.0 Å². The quantitative estimate of drug-likeness (QED) is 0.691. The van der Waals surface area contributed by atoms with Gasteiger partial charge in [-0.2, -0.15) is 0 Å². The van der Waals surface area contributed by atoms with Gasteiger partial charge in [-0.15, -0.1) is 0 Å². The average Bonchev–Trinajstić information content (AvgIpc) is 2.38. The first-order valence-electron chi connectivity index (χ1n) is 5.86. The van der Waals surface area contributed by atoms with E-state index in [1.165, 1.54) is 6.92 Å². The van der Waals surface area contributed by atoms with Gasteiger partial charge in [0.05, 0.1) is 6.61 Å². The van der Waals surface area contributed by atoms with E-state index in [0.717, 1.165) is 12.8 Å². The van der Waals surface area contributed by atoms with Crippen molar-refractivity contribution in [2.45, 2.75) is 33.6 Å². The highest BCUT2D eigenvalue weighted by Gasteiger charge is 2.26. The standard InChI is InChI=1S/C13H20O3/c1-9-4-6-12(13(15)7-5-9)10(2)8-16-11(3)14/h5,7,9-10,12H,4,6,8H2,1-3H3/t9-,10+,12-/m1/s1. The molecule has 3 atom stereocenters. The molecule has 0 spiro atoms. The number of esters is 1. The fourth-order valence-electron chi connectivity index (χ4n) is 1.99. The van der Waals surface area contributed by atoms with Crippen LogP contribution in [0.2, 0.25) is 0 Å². The molecule has 0 heterocycles. The summed E-state index contributed by atoms with van der Waals surface area (Å²) in [6.07, 6.45) is 5.57. The van der Waals surface area contributed by atoms with Gasteiger partial charge in [-0.25, -0.2) is 0 Å². The summed E-state index contributed by atoms with van der Waals surface area (Å²) in [5.41, 5.74) is 0. The Kier molecular flexibility index (Phi) is 4.71. The minimum Gasteiger partial charge on any atom is -0.466 e. The lowest BCUT2D eigenvalue weighted by molar-refractivity contribution is -0.143. The highest BCUT2D eigenvalue weighted by atomic mass is 16.5. The van der Waals surface area contributed by atoms with E-state index in [-0.39, 0.29) is 23.6 Å². The van der Waals surface area contributed by atoms with Crippen LogP contribution in [0.3, 0.4) is 0 Å². The van der Waals surface area contributed by atoms with Crippen molar-refractivity contribution in [1.82, 2.24) is 0 Å². The van der Waals surface area contributed by atoms with Gasteiger partial charge in [0.2, 0.25) is 0 Å². The third-order valence-corrected chi connectivity index (χ3v) is 3.12. The Bertz CT molecular complexity index is 294. The number of ketones is 1. The number of ether oxygens (including phenoxy) is 1. The van der Waals surface area contributed by atoms with Crippen LogP contribution in [0.1, 0.15) is 33.6 Å². The smallest absolute Gasteiger partial charge is 0.302 e. The summed E-state index contributed by atoms with van der Waals surface area (Å²) >= 11 is 0. The zero-order chi connectivity index (χ0) is 12.1. The first-order valence-corrected chi connectivity index (χ1v) is 5.86. The monoisotopic (exact) mass is 224 g/mol. The first kappa shape index (κ1) is 12.9. The Balaban J connectivity index is 2.54. The molecule has 1 aliphatic rings. The van der Waals surface area contributed by atoms with Gasteiger partial charge in [-0.1, -0.05) is 19.9 Å². The molecule has 0 unspecified atom stereocenters. The van der Waals surface area contributed by atoms with E-state index in [4.69, 9.17) is 4.74 Å². The van der Waals surface area contributed by atoms with Crippen LogP contribution in [-0.4, -0.2) is 18.4 Å². The number of carbonyl (C=O) groups excluding carboxylic acids is 2. The molecule has 1 aliphatic carbocycles. The van der Waals surface area contributed by atoms with Gasteiger partial charge in [0.25, 0.3) is 0 Å². The van der Waals surface area contributed by atoms with Gasteiger partial charge in [-0.05, 0) is 24.8 Å². The minimum atomic E-state index is -0.281. The van der Waals surface area contributed by atoms with Crippen LogP contribution in [0, 0.1) is 17.8 Å². The molecule has 1 rings (SSSR count). The van der Waals surface area contributed by atoms with Gasteiger partial charge in [0.15, 0.2) is 5.78 Å². The van der Waals surface area contributed by atoms with Crippen LogP contribution in [-0.2, 0) is 14.3 Å². The molecule has 0 aliphatic heterocycles. The normalized spacial score (nSPS) is 27.3. The second kappa shape index (κ2) is 5.83. The van der Waals surface area contributed by atoms with E-state index in [0.29, 0.717) is 12.5 Å². The molecule has 0 aromatic carbocycles. The van der Waals surface area contributed by atoms with Crippen LogP contribution in [0.4, 0.5) is 0 Å². The predicted octanol–water partition coefficient (Wildman–Crippen LogP) is 2.36. The fraction of sp³-hybridized carbons (Fsp3) is 0.692. The van der Waals surface area contributed by atoms with Crippen molar-refractivity contribution < 1.29 is 14.3 Å². The lowest BCUT2D eigenvalue weighted by Gasteiger charge is -2.20. The molecule has 0 aromatic rings. The molecule has 0 bridgehead atoms. The van der Waals surface area contributed by atoms with E-state index in [9.17, 15) is 9.59 Å². The maximum Gasteiger partial charge on any atom is 0.302 e. The molecule has 0 radical (unpaired) electrons. The van der Waals surface area contributed by atoms with Crippen LogP contribution < -0.4 is 0 Å². The highest BCUT2D eigenvalue weighted by Crippen LogP contribution is 2.25. The second-order valence-electron chi connectivity index (χ2n) is 4.70. The molecule has 0 N–H and O–H groups in total. The molecule has 0 fully saturated rings. The van der Waals surface area contributed by atoms with E-state index < -0.39 is 0 Å². The van der Waals surface area contributed by atoms with Crippen molar-refractivity contribution in [3.8, 4) is 0 Å². The van der Waals surface area contributed by atoms with Crippen molar-refractivity contribution in [1.29, 1.82) is 0 Å². The highest BCUT2D eigenvalue weighted by molar-refractivity contribution is 5.92. The average molecular weight is 224 g/mol. The van der Waals surface area contributed by atoms with Crippen LogP contribution in [0.5, 0.6) is 0 Å². The lowest BCUT2D eigenvalue weighted by Crippen LogP contribution is -2.24. The zero-order valence-corrected chi connectivity index (χ0v) is 10.2. The SMILES string of the molecule is CC(=O)OC[C@H](C)[C@H]1CC[C@@H](C)C=CC1=O. The van der Waals surface area contributed by atoms with Crippen LogP contribution >= 0.6 is 0 Å². The van der Waals surface area contributed by atoms with Crippen molar-refractivity contribution in [3.05, 3.63) is 12.2 Å². The maximum absolute atomic E-state index is 11.8. The Morgan fingerprint density at radius 3 is 2.88 bits per heavy atom. The third kappa shape index (κ3) is 3.80. The van der Waals surface area contributed by atoms with Crippen LogP contribution in [0.15, 0.2) is 12.2 Å². The van der Waals surface area contributed by atoms with Crippen molar-refractivity contribution in [3.63, 3.8) is 0 Å². The number of allylic oxidation sites excluding steroid dienone is 2. The number of hydrogen-bond acceptors (Lipinski definition) is 3. The van der Waals surface area contributed by atoms with Crippen molar-refractivity contribution >= 4 is 11.8 Å². The molecule has 0 saturated heterocycles. The van der Waals surface area contributed by atoms with Gasteiger partial charge < -0.3 is 4.74 Å². The van der Waals surface area contributed by atoms with E-state index >= 15 is 0 Å². The second-order valence-corrected chi connectivity index (χ2v) is 4.70. The molecule has 16 heavy (non-hydrogen) atoms. The summed E-state index contributed by atoms with van der Waals surface area (Å²) in [4.78, 5) is 22.5. The Morgan fingerprint density at radius 2 is 2.25 bits per heavy atom. The number of rotatable bonds is 3. The molecule has 90 valence electrons. The van der Waals surface area contributed by atoms with Crippen molar-refractivity contribution in [2.75, 3.05) is 6.61 Å². The van der Waals surface area contributed by atoms with Gasteiger partial charge in [0, 0.05) is 18.8 Å². The van der Waals surface area contributed by atoms with Gasteiger partial charge in [-0.3, -0.25) is 9.59 Å². The Morgan fingerprint density at radius 1 is 1.56 bits per heavy atom. The molecule has 3 heteroatoms. The van der Waals surface area contributed by atoms with Gasteiger partial charge >= 0.3 is 5.97 Å². The maximum atomic E-state index is 11.8. The van der Waals surface area contributed by atoms with E-state index in [1.54, 1.807) is 6.08 Å². The largest absolute Gasteiger partial charge is 0.466 e. The molecular weight excluding hydrogens is 204 g/mol. The zero-order valence-electron chi connectivity index (χ0n) is 10.2. The first-order chi connectivity index (χ1) is 7.50. The molecule has 0 aromatic heterocycles. The summed E-state index contributed by atoms with van der Waals surface area (Å²) in [7, 11) is 0. The molecule has 3 nitrogen and oxygen atoms in total. The Hall–Kier alpha value is -1.12. The number of hydrogen-bond donors (Lipinski definition) is 0. The summed E-state index contributed by atoms with van der Waals surface area (Å²) in [5.74, 6) is 0.461. The predicted molar refractivity (Wildman–Crippen MR) is 61.8 cm³/mol. The molecular formula is C13H20O3. The summed E-state index contributed by atoms with van der Waals surface area (Å²) in [6.45, 7) is 5.82. The topological polar surface area (TPSA) is 43.4 Å². The molecule has 0 saturated carbocycles. The molecule has 0 amide bonds. The minimum absolute atomic E-state index is 0.000509. The summed E-state index contributed by atoms with van der Waals surface area (Å²) < 4.78 is 4.96. The fourth-order valence-corrected chi connectivity index (χ4v) is 1.99. The van der Waals surface area contributed by atoms with Crippen molar-refractivity contribution in [2.24, 2.45) is 17.8 Å². The van der Waals surface area contributed by atoms with Crippen LogP contribution in [0.25, 0.3) is 0 Å². The third-order valence-electron chi connectivity index (χ3n) is 3.12. The number of carbonyl (C=O) groups is 2.